The Bertz CT molecular complexity index is 1210. The average molecular weight is 479 g/mol. The monoisotopic (exact) mass is 478 g/mol. The largest absolute Gasteiger partial charge is 0.446 e. The third-order valence-corrected chi connectivity index (χ3v) is 7.35. The predicted molar refractivity (Wildman–Crippen MR) is 125 cm³/mol. The van der Waals surface area contributed by atoms with Crippen molar-refractivity contribution in [3.63, 3.8) is 0 Å². The highest BCUT2D eigenvalue weighted by atomic mass is 32.1. The maximum Gasteiger partial charge on any atom is 0.407 e. The Morgan fingerprint density at radius 1 is 1.41 bits per heavy atom. The number of nitrogens with zero attached hydrogens (tertiary/aromatic N) is 3. The Labute approximate surface area is 201 Å². The van der Waals surface area contributed by atoms with Crippen molar-refractivity contribution in [1.29, 1.82) is 5.26 Å². The number of thiophene rings is 1. The topological polar surface area (TPSA) is 118 Å². The van der Waals surface area contributed by atoms with Crippen LogP contribution in [-0.2, 0) is 35.3 Å². The van der Waals surface area contributed by atoms with Gasteiger partial charge in [-0.05, 0) is 42.9 Å². The third kappa shape index (κ3) is 5.51. The first-order valence-electron chi connectivity index (χ1n) is 11.2. The van der Waals surface area contributed by atoms with Gasteiger partial charge in [-0.2, -0.15) is 5.26 Å². The molecule has 0 radical (unpaired) electrons. The number of hydrogen-bond donors (Lipinski definition) is 1. The van der Waals surface area contributed by atoms with Crippen molar-refractivity contribution in [2.45, 2.75) is 64.5 Å². The van der Waals surface area contributed by atoms with Gasteiger partial charge in [-0.1, -0.05) is 18.1 Å². The second-order valence-corrected chi connectivity index (χ2v) is 9.74. The molecule has 2 atom stereocenters. The fraction of sp³-hybridized carbons (Fsp3) is 0.400. The van der Waals surface area contributed by atoms with E-state index in [1.54, 1.807) is 25.5 Å². The zero-order valence-electron chi connectivity index (χ0n) is 19.2. The highest BCUT2D eigenvalue weighted by Crippen LogP contribution is 2.36. The Morgan fingerprint density at radius 2 is 2.26 bits per heavy atom. The Morgan fingerprint density at radius 3 is 2.97 bits per heavy atom. The zero-order valence-corrected chi connectivity index (χ0v) is 20.0. The summed E-state index contributed by atoms with van der Waals surface area (Å²) in [4.78, 5) is 31.0. The highest BCUT2D eigenvalue weighted by Gasteiger charge is 2.28. The molecule has 0 bridgehead atoms. The molecule has 4 rings (SSSR count). The first-order valence-corrected chi connectivity index (χ1v) is 12.1. The van der Waals surface area contributed by atoms with Gasteiger partial charge < -0.3 is 14.6 Å². The Balaban J connectivity index is 1.35. The molecule has 1 amide bonds. The summed E-state index contributed by atoms with van der Waals surface area (Å²) in [6.45, 7) is 4.08. The lowest BCUT2D eigenvalue weighted by Gasteiger charge is -2.22. The molecule has 0 fully saturated rings. The molecule has 1 aliphatic rings. The minimum Gasteiger partial charge on any atom is -0.446 e. The molecule has 34 heavy (non-hydrogen) atoms. The van der Waals surface area contributed by atoms with Gasteiger partial charge in [0.1, 0.15) is 23.7 Å². The van der Waals surface area contributed by atoms with Crippen molar-refractivity contribution in [2.24, 2.45) is 0 Å². The highest BCUT2D eigenvalue weighted by molar-refractivity contribution is 7.12. The molecule has 3 aromatic heterocycles. The summed E-state index contributed by atoms with van der Waals surface area (Å²) >= 11 is 1.49. The third-order valence-electron chi connectivity index (χ3n) is 6.10. The van der Waals surface area contributed by atoms with Crippen LogP contribution in [-0.4, -0.2) is 28.1 Å². The van der Waals surface area contributed by atoms with Gasteiger partial charge in [0, 0.05) is 47.0 Å². The number of aryl methyl sites for hydroxylation is 1. The first kappa shape index (κ1) is 23.6. The van der Waals surface area contributed by atoms with Gasteiger partial charge in [-0.25, -0.2) is 4.79 Å². The number of nitrogens with one attached hydrogen (secondary N) is 1. The zero-order chi connectivity index (χ0) is 24.1. The molecule has 1 aliphatic carbocycles. The molecule has 0 aromatic carbocycles. The number of amides is 1. The summed E-state index contributed by atoms with van der Waals surface area (Å²) in [6.07, 6.45) is 6.79. The van der Waals surface area contributed by atoms with Crippen LogP contribution >= 0.6 is 11.3 Å². The number of alkyl carbamates (subject to hydrolysis) is 1. The summed E-state index contributed by atoms with van der Waals surface area (Å²) < 4.78 is 10.6. The van der Waals surface area contributed by atoms with E-state index in [0.29, 0.717) is 37.0 Å². The average Bonchev–Trinajstić information content (AvgIpc) is 3.39. The normalized spacial score (nSPS) is 15.7. The smallest absolute Gasteiger partial charge is 0.407 e. The van der Waals surface area contributed by atoms with E-state index < -0.39 is 6.09 Å². The van der Waals surface area contributed by atoms with Crippen molar-refractivity contribution in [1.82, 2.24) is 15.5 Å². The Hall–Kier alpha value is -3.51. The van der Waals surface area contributed by atoms with Gasteiger partial charge in [0.05, 0.1) is 18.3 Å². The number of carbonyl (C=O) groups excluding carboxylic acids is 2. The fourth-order valence-corrected chi connectivity index (χ4v) is 5.59. The number of ether oxygens (including phenoxy) is 1. The molecule has 0 saturated heterocycles. The Kier molecular flexibility index (Phi) is 7.38. The minimum absolute atomic E-state index is 0.0687. The van der Waals surface area contributed by atoms with Crippen LogP contribution in [0.3, 0.4) is 0 Å². The number of fused-ring (bicyclic) bond motifs is 1. The second kappa shape index (κ2) is 10.6. The fourth-order valence-electron chi connectivity index (χ4n) is 4.19. The summed E-state index contributed by atoms with van der Waals surface area (Å²) in [5, 5.41) is 16.2. The van der Waals surface area contributed by atoms with Crippen molar-refractivity contribution < 1.29 is 18.8 Å². The molecule has 9 heteroatoms. The molecule has 8 nitrogen and oxygen atoms in total. The number of nitriles is 1. The van der Waals surface area contributed by atoms with Crippen LogP contribution in [0.4, 0.5) is 4.79 Å². The number of Topliss-reactive ketones (excluding diaryl/α,β-unsaturated/α-hetero) is 1. The second-order valence-electron chi connectivity index (χ2n) is 8.55. The van der Waals surface area contributed by atoms with E-state index in [1.165, 1.54) is 11.3 Å². The van der Waals surface area contributed by atoms with Gasteiger partial charge in [0.25, 0.3) is 0 Å². The van der Waals surface area contributed by atoms with Crippen LogP contribution in [0.25, 0.3) is 0 Å². The molecular formula is C25H26N4O4S. The van der Waals surface area contributed by atoms with Gasteiger partial charge in [0.15, 0.2) is 0 Å². The lowest BCUT2D eigenvalue weighted by molar-refractivity contribution is -0.118. The first-order chi connectivity index (χ1) is 16.4. The molecule has 176 valence electrons. The number of carbonyl (C=O) groups is 2. The molecular weight excluding hydrogens is 452 g/mol. The molecule has 0 spiro atoms. The SMILES string of the molecule is Cc1oncc1CNC(=O)OC1CCc2c(sc(CC(=O)CC(C)c3cccnc3)c2C#N)C1. The van der Waals surface area contributed by atoms with Crippen LogP contribution in [0.5, 0.6) is 0 Å². The molecule has 1 N–H and O–H groups in total. The van der Waals surface area contributed by atoms with Crippen LogP contribution in [0.1, 0.15) is 63.5 Å². The van der Waals surface area contributed by atoms with E-state index in [4.69, 9.17) is 9.26 Å². The van der Waals surface area contributed by atoms with Crippen LogP contribution < -0.4 is 5.32 Å². The van der Waals surface area contributed by atoms with Crippen LogP contribution in [0.2, 0.25) is 0 Å². The molecule has 3 heterocycles. The van der Waals surface area contributed by atoms with Gasteiger partial charge in [-0.15, -0.1) is 11.3 Å². The molecule has 2 unspecified atom stereocenters. The van der Waals surface area contributed by atoms with Crippen LogP contribution in [0.15, 0.2) is 35.2 Å². The van der Waals surface area contributed by atoms with Crippen molar-refractivity contribution in [3.8, 4) is 6.07 Å². The maximum absolute atomic E-state index is 12.8. The van der Waals surface area contributed by atoms with E-state index in [9.17, 15) is 14.9 Å². The summed E-state index contributed by atoms with van der Waals surface area (Å²) in [7, 11) is 0. The summed E-state index contributed by atoms with van der Waals surface area (Å²) in [6, 6.07) is 6.14. The van der Waals surface area contributed by atoms with Gasteiger partial charge >= 0.3 is 6.09 Å². The standard InChI is InChI=1S/C25H26N4O4S/c1-15(17-4-3-7-27-12-17)8-19(30)9-23-22(11-26)21-6-5-20(10-24(21)34-23)32-25(31)28-13-18-14-29-33-16(18)2/h3-4,7,12,14-15,20H,5-6,8-10,13H2,1-2H3,(H,28,31). The lowest BCUT2D eigenvalue weighted by atomic mass is 9.91. The lowest BCUT2D eigenvalue weighted by Crippen LogP contribution is -2.31. The molecule has 0 saturated carbocycles. The van der Waals surface area contributed by atoms with E-state index >= 15 is 0 Å². The minimum atomic E-state index is -0.495. The van der Waals surface area contributed by atoms with E-state index in [2.05, 4.69) is 21.5 Å². The quantitative estimate of drug-likeness (QED) is 0.510. The number of ketones is 1. The summed E-state index contributed by atoms with van der Waals surface area (Å²) in [5.41, 5.74) is 3.44. The van der Waals surface area contributed by atoms with Crippen LogP contribution in [0, 0.1) is 18.3 Å². The van der Waals surface area contributed by atoms with Gasteiger partial charge in [-0.3, -0.25) is 9.78 Å². The predicted octanol–water partition coefficient (Wildman–Crippen LogP) is 4.40. The molecule has 3 aromatic rings. The van der Waals surface area contributed by atoms with Crippen molar-refractivity contribution >= 4 is 23.2 Å². The maximum atomic E-state index is 12.8. The number of pyridine rings is 1. The number of aromatic nitrogens is 2. The number of rotatable bonds is 8. The molecule has 0 aliphatic heterocycles. The van der Waals surface area contributed by atoms with Crippen molar-refractivity contribution in [3.05, 3.63) is 68.5 Å². The van der Waals surface area contributed by atoms with Crippen molar-refractivity contribution in [2.75, 3.05) is 0 Å². The van der Waals surface area contributed by atoms with E-state index in [0.717, 1.165) is 26.4 Å². The van der Waals surface area contributed by atoms with Gasteiger partial charge in [0.2, 0.25) is 0 Å². The van der Waals surface area contributed by atoms with E-state index in [1.807, 2.05) is 19.1 Å². The number of hydrogen-bond acceptors (Lipinski definition) is 8. The summed E-state index contributed by atoms with van der Waals surface area (Å²) in [5.74, 6) is 0.823. The van der Waals surface area contributed by atoms with E-state index in [-0.39, 0.29) is 30.8 Å².